The van der Waals surface area contributed by atoms with Crippen LogP contribution in [0.5, 0.6) is 0 Å². The smallest absolute Gasteiger partial charge is 0.0478 e. The van der Waals surface area contributed by atoms with E-state index in [-0.39, 0.29) is 0 Å². The van der Waals surface area contributed by atoms with E-state index in [0.717, 1.165) is 39.3 Å². The molecule has 3 heteroatoms. The lowest BCUT2D eigenvalue weighted by Gasteiger charge is -2.51. The van der Waals surface area contributed by atoms with Gasteiger partial charge in [-0.25, -0.2) is 0 Å². The highest BCUT2D eigenvalue weighted by molar-refractivity contribution is 4.98. The average molecular weight is 270 g/mol. The van der Waals surface area contributed by atoms with E-state index >= 15 is 0 Å². The second-order valence-corrected chi connectivity index (χ2v) is 7.15. The largest absolute Gasteiger partial charge is 0.382 e. The van der Waals surface area contributed by atoms with Gasteiger partial charge in [-0.15, -0.1) is 0 Å². The van der Waals surface area contributed by atoms with E-state index in [1.54, 1.807) is 0 Å². The second-order valence-electron chi connectivity index (χ2n) is 7.15. The van der Waals surface area contributed by atoms with Crippen molar-refractivity contribution in [2.75, 3.05) is 32.8 Å². The summed E-state index contributed by atoms with van der Waals surface area (Å²) in [5, 5.41) is 3.76. The SMILES string of the molecule is CCOCCCN1CC(C(C)(C)C)NCC1(C)CC. The first-order valence-corrected chi connectivity index (χ1v) is 7.89. The quantitative estimate of drug-likeness (QED) is 0.751. The average Bonchev–Trinajstić information content (AvgIpc) is 2.35. The third kappa shape index (κ3) is 4.73. The van der Waals surface area contributed by atoms with E-state index < -0.39 is 0 Å². The highest BCUT2D eigenvalue weighted by Gasteiger charge is 2.39. The van der Waals surface area contributed by atoms with Gasteiger partial charge >= 0.3 is 0 Å². The molecule has 2 atom stereocenters. The fraction of sp³-hybridized carbons (Fsp3) is 1.00. The predicted octanol–water partition coefficient (Wildman–Crippen LogP) is 2.90. The minimum absolute atomic E-state index is 0.300. The van der Waals surface area contributed by atoms with Crippen molar-refractivity contribution in [1.29, 1.82) is 0 Å². The van der Waals surface area contributed by atoms with Gasteiger partial charge in [0.25, 0.3) is 0 Å². The fourth-order valence-corrected chi connectivity index (χ4v) is 2.75. The Labute approximate surface area is 120 Å². The molecule has 1 aliphatic heterocycles. The van der Waals surface area contributed by atoms with Crippen molar-refractivity contribution in [3.8, 4) is 0 Å². The number of ether oxygens (including phenoxy) is 1. The molecule has 1 N–H and O–H groups in total. The fourth-order valence-electron chi connectivity index (χ4n) is 2.75. The van der Waals surface area contributed by atoms with Crippen LogP contribution >= 0.6 is 0 Å². The first-order chi connectivity index (χ1) is 8.83. The molecule has 0 spiro atoms. The molecule has 3 nitrogen and oxygen atoms in total. The molecule has 2 unspecified atom stereocenters. The molecule has 0 bridgehead atoms. The number of nitrogens with zero attached hydrogens (tertiary/aromatic N) is 1. The standard InChI is InChI=1S/C16H34N2O/c1-7-16(6)13-17-14(15(3,4)5)12-18(16)10-9-11-19-8-2/h14,17H,7-13H2,1-6H3. The van der Waals surface area contributed by atoms with Gasteiger partial charge in [-0.1, -0.05) is 27.7 Å². The second kappa shape index (κ2) is 7.05. The van der Waals surface area contributed by atoms with E-state index in [4.69, 9.17) is 4.74 Å². The summed E-state index contributed by atoms with van der Waals surface area (Å²) in [4.78, 5) is 2.68. The van der Waals surface area contributed by atoms with Crippen LogP contribution < -0.4 is 5.32 Å². The molecule has 1 saturated heterocycles. The molecule has 0 aliphatic carbocycles. The molecule has 114 valence electrons. The van der Waals surface area contributed by atoms with Crippen LogP contribution in [0.15, 0.2) is 0 Å². The molecule has 0 aromatic rings. The minimum atomic E-state index is 0.300. The number of rotatable bonds is 6. The monoisotopic (exact) mass is 270 g/mol. The van der Waals surface area contributed by atoms with E-state index in [0.29, 0.717) is 17.0 Å². The van der Waals surface area contributed by atoms with Crippen LogP contribution in [0, 0.1) is 5.41 Å². The lowest BCUT2D eigenvalue weighted by atomic mass is 9.81. The van der Waals surface area contributed by atoms with Gasteiger partial charge < -0.3 is 10.1 Å². The zero-order valence-electron chi connectivity index (χ0n) is 13.9. The van der Waals surface area contributed by atoms with Crippen molar-refractivity contribution in [3.05, 3.63) is 0 Å². The molecule has 0 aromatic heterocycles. The van der Waals surface area contributed by atoms with Crippen LogP contribution in [0.4, 0.5) is 0 Å². The summed E-state index contributed by atoms with van der Waals surface area (Å²) in [7, 11) is 0. The zero-order valence-corrected chi connectivity index (χ0v) is 13.9. The Morgan fingerprint density at radius 2 is 2.00 bits per heavy atom. The Bertz CT molecular complexity index is 262. The maximum absolute atomic E-state index is 5.48. The van der Waals surface area contributed by atoms with Crippen molar-refractivity contribution in [2.24, 2.45) is 5.41 Å². The number of piperazine rings is 1. The molecule has 1 fully saturated rings. The highest BCUT2D eigenvalue weighted by atomic mass is 16.5. The number of nitrogens with one attached hydrogen (secondary N) is 1. The molecular weight excluding hydrogens is 236 g/mol. The van der Waals surface area contributed by atoms with Crippen LogP contribution in [0.2, 0.25) is 0 Å². The first-order valence-electron chi connectivity index (χ1n) is 7.89. The number of hydrogen-bond acceptors (Lipinski definition) is 3. The molecule has 1 heterocycles. The van der Waals surface area contributed by atoms with E-state index in [1.165, 1.54) is 6.42 Å². The summed E-state index contributed by atoms with van der Waals surface area (Å²) >= 11 is 0. The van der Waals surface area contributed by atoms with Gasteiger partial charge in [-0.05, 0) is 32.1 Å². The lowest BCUT2D eigenvalue weighted by molar-refractivity contribution is 0.0148. The van der Waals surface area contributed by atoms with E-state index in [2.05, 4.69) is 51.8 Å². The molecule has 1 rings (SSSR count). The Balaban J connectivity index is 2.58. The minimum Gasteiger partial charge on any atom is -0.382 e. The Morgan fingerprint density at radius 1 is 1.32 bits per heavy atom. The summed E-state index contributed by atoms with van der Waals surface area (Å²) in [6.45, 7) is 18.9. The zero-order chi connectivity index (χ0) is 14.5. The van der Waals surface area contributed by atoms with E-state index in [1.807, 2.05) is 0 Å². The predicted molar refractivity (Wildman–Crippen MR) is 82.6 cm³/mol. The molecule has 0 saturated carbocycles. The van der Waals surface area contributed by atoms with E-state index in [9.17, 15) is 0 Å². The maximum atomic E-state index is 5.48. The molecule has 0 radical (unpaired) electrons. The van der Waals surface area contributed by atoms with Gasteiger partial charge in [0.2, 0.25) is 0 Å². The van der Waals surface area contributed by atoms with Crippen LogP contribution in [0.25, 0.3) is 0 Å². The van der Waals surface area contributed by atoms with Crippen molar-refractivity contribution in [1.82, 2.24) is 10.2 Å². The summed E-state index contributed by atoms with van der Waals surface area (Å²) in [6.07, 6.45) is 2.34. The Hall–Kier alpha value is -0.120. The lowest BCUT2D eigenvalue weighted by Crippen LogP contribution is -2.65. The maximum Gasteiger partial charge on any atom is 0.0478 e. The summed E-state index contributed by atoms with van der Waals surface area (Å²) in [5.41, 5.74) is 0.626. The van der Waals surface area contributed by atoms with Crippen molar-refractivity contribution >= 4 is 0 Å². The molecule has 0 amide bonds. The Morgan fingerprint density at radius 3 is 2.53 bits per heavy atom. The van der Waals surface area contributed by atoms with Gasteiger partial charge in [-0.2, -0.15) is 0 Å². The molecule has 1 aliphatic rings. The van der Waals surface area contributed by atoms with Gasteiger partial charge in [-0.3, -0.25) is 4.90 Å². The van der Waals surface area contributed by atoms with Gasteiger partial charge in [0.15, 0.2) is 0 Å². The Kier molecular flexibility index (Phi) is 6.28. The number of hydrogen-bond donors (Lipinski definition) is 1. The van der Waals surface area contributed by atoms with Crippen LogP contribution in [0.1, 0.15) is 54.4 Å². The molecule has 0 aromatic carbocycles. The third-order valence-corrected chi connectivity index (χ3v) is 4.62. The third-order valence-electron chi connectivity index (χ3n) is 4.62. The normalized spacial score (nSPS) is 29.7. The van der Waals surface area contributed by atoms with Gasteiger partial charge in [0.05, 0.1) is 0 Å². The van der Waals surface area contributed by atoms with Crippen molar-refractivity contribution < 1.29 is 4.74 Å². The molecule has 19 heavy (non-hydrogen) atoms. The van der Waals surface area contributed by atoms with Crippen molar-refractivity contribution in [2.45, 2.75) is 66.0 Å². The van der Waals surface area contributed by atoms with Crippen molar-refractivity contribution in [3.63, 3.8) is 0 Å². The van der Waals surface area contributed by atoms with Gasteiger partial charge in [0.1, 0.15) is 0 Å². The van der Waals surface area contributed by atoms with Crippen LogP contribution in [-0.4, -0.2) is 49.3 Å². The summed E-state index contributed by atoms with van der Waals surface area (Å²) in [5.74, 6) is 0. The van der Waals surface area contributed by atoms with Gasteiger partial charge in [0, 0.05) is 44.4 Å². The topological polar surface area (TPSA) is 24.5 Å². The highest BCUT2D eigenvalue weighted by Crippen LogP contribution is 2.29. The summed E-state index contributed by atoms with van der Waals surface area (Å²) < 4.78 is 5.48. The first kappa shape index (κ1) is 16.9. The molecular formula is C16H34N2O. The summed E-state index contributed by atoms with van der Waals surface area (Å²) in [6, 6.07) is 0.583. The van der Waals surface area contributed by atoms with Crippen LogP contribution in [0.3, 0.4) is 0 Å². The van der Waals surface area contributed by atoms with Crippen LogP contribution in [-0.2, 0) is 4.74 Å².